The second-order valence-corrected chi connectivity index (χ2v) is 8.51. The van der Waals surface area contributed by atoms with E-state index in [9.17, 15) is 9.59 Å². The van der Waals surface area contributed by atoms with Crippen molar-refractivity contribution < 1.29 is 14.3 Å². The maximum Gasteiger partial charge on any atom is 0.229 e. The maximum absolute atomic E-state index is 12.5. The van der Waals surface area contributed by atoms with Crippen LogP contribution < -0.4 is 15.5 Å². The molecule has 35 heavy (non-hydrogen) atoms. The molecule has 1 fully saturated rings. The number of anilines is 5. The van der Waals surface area contributed by atoms with Crippen LogP contribution in [0.3, 0.4) is 0 Å². The van der Waals surface area contributed by atoms with Gasteiger partial charge >= 0.3 is 0 Å². The van der Waals surface area contributed by atoms with Crippen molar-refractivity contribution in [2.75, 3.05) is 48.9 Å². The van der Waals surface area contributed by atoms with E-state index in [0.29, 0.717) is 60.9 Å². The molecule has 2 amide bonds. The van der Waals surface area contributed by atoms with Crippen LogP contribution in [0.1, 0.15) is 12.5 Å². The number of hydrogen-bond donors (Lipinski definition) is 2. The topological polar surface area (TPSA) is 99.7 Å². The van der Waals surface area contributed by atoms with Crippen molar-refractivity contribution in [2.24, 2.45) is 0 Å². The number of hydrogen-bond acceptors (Lipinski definition) is 7. The summed E-state index contributed by atoms with van der Waals surface area (Å²) in [6.45, 7) is 3.95. The lowest BCUT2D eigenvalue weighted by atomic mass is 10.1. The Balaban J connectivity index is 1.44. The predicted molar refractivity (Wildman–Crippen MR) is 137 cm³/mol. The number of ether oxygens (including phenoxy) is 1. The Morgan fingerprint density at radius 2 is 1.80 bits per heavy atom. The van der Waals surface area contributed by atoms with Crippen LogP contribution in [-0.4, -0.2) is 60.0 Å². The molecule has 0 saturated carbocycles. The molecule has 1 aliphatic heterocycles. The average molecular weight is 495 g/mol. The zero-order valence-corrected chi connectivity index (χ0v) is 20.4. The molecule has 0 bridgehead atoms. The number of aromatic nitrogens is 2. The smallest absolute Gasteiger partial charge is 0.229 e. The Kier molecular flexibility index (Phi) is 7.79. The zero-order chi connectivity index (χ0) is 24.8. The molecule has 1 aliphatic rings. The highest BCUT2D eigenvalue weighted by molar-refractivity contribution is 6.33. The molecule has 3 aromatic rings. The standard InChI is InChI=1S/C25H27ClN6O3/c1-17(33)31(2)22-6-4-3-5-21(22)29-24-20(26)16-27-25(30-24)28-19-9-7-18(8-10-19)15-23(34)32-11-13-35-14-12-32/h3-10,16H,11-15H2,1-2H3,(H2,27,28,29,30). The summed E-state index contributed by atoms with van der Waals surface area (Å²) in [5, 5.41) is 6.70. The molecular weight excluding hydrogens is 468 g/mol. The van der Waals surface area contributed by atoms with E-state index in [-0.39, 0.29) is 11.8 Å². The van der Waals surface area contributed by atoms with Gasteiger partial charge in [0, 0.05) is 32.7 Å². The van der Waals surface area contributed by atoms with Gasteiger partial charge in [0.05, 0.1) is 37.2 Å². The van der Waals surface area contributed by atoms with Crippen LogP contribution in [0.4, 0.5) is 28.8 Å². The van der Waals surface area contributed by atoms with Gasteiger partial charge in [0.2, 0.25) is 17.8 Å². The summed E-state index contributed by atoms with van der Waals surface area (Å²) in [5.41, 5.74) is 3.09. The molecular formula is C25H27ClN6O3. The van der Waals surface area contributed by atoms with Crippen molar-refractivity contribution in [3.63, 3.8) is 0 Å². The van der Waals surface area contributed by atoms with Gasteiger partial charge in [0.15, 0.2) is 5.82 Å². The molecule has 10 heteroatoms. The number of amides is 2. The van der Waals surface area contributed by atoms with Gasteiger partial charge in [-0.2, -0.15) is 4.98 Å². The van der Waals surface area contributed by atoms with Gasteiger partial charge in [0.1, 0.15) is 5.02 Å². The molecule has 182 valence electrons. The van der Waals surface area contributed by atoms with Gasteiger partial charge in [-0.15, -0.1) is 0 Å². The van der Waals surface area contributed by atoms with Gasteiger partial charge in [-0.1, -0.05) is 35.9 Å². The third-order valence-corrected chi connectivity index (χ3v) is 5.94. The number of nitrogens with zero attached hydrogens (tertiary/aromatic N) is 4. The molecule has 2 heterocycles. The fraction of sp³-hybridized carbons (Fsp3) is 0.280. The van der Waals surface area contributed by atoms with Crippen LogP contribution in [0.2, 0.25) is 5.02 Å². The number of benzene rings is 2. The molecule has 0 unspecified atom stereocenters. The minimum Gasteiger partial charge on any atom is -0.378 e. The van der Waals surface area contributed by atoms with Gasteiger partial charge < -0.3 is 25.2 Å². The zero-order valence-electron chi connectivity index (χ0n) is 19.6. The number of carbonyl (C=O) groups excluding carboxylic acids is 2. The lowest BCUT2D eigenvalue weighted by molar-refractivity contribution is -0.134. The summed E-state index contributed by atoms with van der Waals surface area (Å²) < 4.78 is 5.30. The second-order valence-electron chi connectivity index (χ2n) is 8.10. The van der Waals surface area contributed by atoms with Crippen LogP contribution in [0.15, 0.2) is 54.7 Å². The number of halogens is 1. The summed E-state index contributed by atoms with van der Waals surface area (Å²) in [6.07, 6.45) is 1.85. The molecule has 0 radical (unpaired) electrons. The minimum absolute atomic E-state index is 0.0921. The first kappa shape index (κ1) is 24.4. The number of nitrogens with one attached hydrogen (secondary N) is 2. The van der Waals surface area contributed by atoms with Crippen molar-refractivity contribution in [3.05, 3.63) is 65.3 Å². The lowest BCUT2D eigenvalue weighted by Crippen LogP contribution is -2.41. The van der Waals surface area contributed by atoms with Crippen molar-refractivity contribution in [2.45, 2.75) is 13.3 Å². The Labute approximate surface area is 209 Å². The van der Waals surface area contributed by atoms with Crippen LogP contribution in [0, 0.1) is 0 Å². The number of rotatable bonds is 7. The van der Waals surface area contributed by atoms with Crippen LogP contribution in [-0.2, 0) is 20.7 Å². The fourth-order valence-electron chi connectivity index (χ4n) is 3.62. The fourth-order valence-corrected chi connectivity index (χ4v) is 3.76. The van der Waals surface area contributed by atoms with E-state index in [4.69, 9.17) is 16.3 Å². The highest BCUT2D eigenvalue weighted by Gasteiger charge is 2.17. The highest BCUT2D eigenvalue weighted by atomic mass is 35.5. The summed E-state index contributed by atoms with van der Waals surface area (Å²) >= 11 is 6.34. The first-order valence-corrected chi connectivity index (χ1v) is 11.6. The summed E-state index contributed by atoms with van der Waals surface area (Å²) in [7, 11) is 1.70. The second kappa shape index (κ2) is 11.2. The van der Waals surface area contributed by atoms with E-state index >= 15 is 0 Å². The molecule has 1 saturated heterocycles. The predicted octanol–water partition coefficient (Wildman–Crippen LogP) is 4.00. The van der Waals surface area contributed by atoms with Crippen molar-refractivity contribution >= 4 is 52.2 Å². The molecule has 1 aromatic heterocycles. The number of morpholine rings is 1. The average Bonchev–Trinajstić information content (AvgIpc) is 2.87. The number of carbonyl (C=O) groups is 2. The maximum atomic E-state index is 12.5. The Morgan fingerprint density at radius 3 is 2.51 bits per heavy atom. The first-order valence-electron chi connectivity index (χ1n) is 11.2. The molecule has 2 N–H and O–H groups in total. The van der Waals surface area contributed by atoms with E-state index in [1.165, 1.54) is 13.1 Å². The van der Waals surface area contributed by atoms with Gasteiger partial charge in [-0.05, 0) is 29.8 Å². The summed E-state index contributed by atoms with van der Waals surface area (Å²) in [6, 6.07) is 15.0. The third-order valence-electron chi connectivity index (χ3n) is 5.66. The highest BCUT2D eigenvalue weighted by Crippen LogP contribution is 2.31. The quantitative estimate of drug-likeness (QED) is 0.512. The van der Waals surface area contributed by atoms with Gasteiger partial charge in [0.25, 0.3) is 0 Å². The molecule has 9 nitrogen and oxygen atoms in total. The normalized spacial score (nSPS) is 13.3. The van der Waals surface area contributed by atoms with Crippen LogP contribution in [0.25, 0.3) is 0 Å². The summed E-state index contributed by atoms with van der Waals surface area (Å²) in [5.74, 6) is 0.764. The molecule has 0 spiro atoms. The number of para-hydroxylation sites is 2. The van der Waals surface area contributed by atoms with Gasteiger partial charge in [-0.3, -0.25) is 9.59 Å². The van der Waals surface area contributed by atoms with E-state index in [0.717, 1.165) is 11.3 Å². The van der Waals surface area contributed by atoms with Crippen LogP contribution in [0.5, 0.6) is 0 Å². The van der Waals surface area contributed by atoms with E-state index in [1.54, 1.807) is 11.9 Å². The van der Waals surface area contributed by atoms with E-state index in [2.05, 4.69) is 20.6 Å². The Hall–Kier alpha value is -3.69. The molecule has 0 atom stereocenters. The van der Waals surface area contributed by atoms with Crippen molar-refractivity contribution in [1.82, 2.24) is 14.9 Å². The first-order chi connectivity index (χ1) is 16.9. The van der Waals surface area contributed by atoms with Crippen molar-refractivity contribution in [3.8, 4) is 0 Å². The van der Waals surface area contributed by atoms with Crippen LogP contribution >= 0.6 is 11.6 Å². The molecule has 4 rings (SSSR count). The van der Waals surface area contributed by atoms with Gasteiger partial charge in [-0.25, -0.2) is 4.98 Å². The minimum atomic E-state index is -0.0921. The van der Waals surface area contributed by atoms with Crippen molar-refractivity contribution in [1.29, 1.82) is 0 Å². The van der Waals surface area contributed by atoms with E-state index in [1.807, 2.05) is 53.4 Å². The Morgan fingerprint density at radius 1 is 1.09 bits per heavy atom. The summed E-state index contributed by atoms with van der Waals surface area (Å²) in [4.78, 5) is 36.4. The molecule has 2 aromatic carbocycles. The van der Waals surface area contributed by atoms with E-state index < -0.39 is 0 Å². The third kappa shape index (κ3) is 6.26. The lowest BCUT2D eigenvalue weighted by Gasteiger charge is -2.26. The Bertz CT molecular complexity index is 1200. The monoisotopic (exact) mass is 494 g/mol. The largest absolute Gasteiger partial charge is 0.378 e. The SMILES string of the molecule is CC(=O)N(C)c1ccccc1Nc1nc(Nc2ccc(CC(=O)N3CCOCC3)cc2)ncc1Cl. The molecule has 0 aliphatic carbocycles.